The summed E-state index contributed by atoms with van der Waals surface area (Å²) < 4.78 is 5.59. The molecular formula is C18H16ClN3O2S. The van der Waals surface area contributed by atoms with Gasteiger partial charge in [-0.2, -0.15) is 0 Å². The van der Waals surface area contributed by atoms with Crippen molar-refractivity contribution in [3.63, 3.8) is 0 Å². The number of rotatable bonds is 6. The fourth-order valence-corrected chi connectivity index (χ4v) is 3.07. The number of nitrogens with one attached hydrogen (secondary N) is 1. The molecule has 3 rings (SSSR count). The first-order chi connectivity index (χ1) is 12.1. The summed E-state index contributed by atoms with van der Waals surface area (Å²) in [6.45, 7) is 1.98. The Morgan fingerprint density at radius 3 is 2.84 bits per heavy atom. The molecule has 128 valence electrons. The van der Waals surface area contributed by atoms with Crippen molar-refractivity contribution in [2.24, 2.45) is 0 Å². The van der Waals surface area contributed by atoms with Crippen molar-refractivity contribution >= 4 is 35.0 Å². The number of amides is 1. The molecule has 0 unspecified atom stereocenters. The zero-order valence-corrected chi connectivity index (χ0v) is 15.1. The van der Waals surface area contributed by atoms with Gasteiger partial charge in [-0.15, -0.1) is 10.2 Å². The van der Waals surface area contributed by atoms with Crippen LogP contribution in [0.1, 0.15) is 12.0 Å². The van der Waals surface area contributed by atoms with E-state index in [1.54, 1.807) is 12.1 Å². The SMILES string of the molecule is Cc1cccc(NC(=O)CCSc2nnc(-c3cccc(Cl)c3)o2)c1. The van der Waals surface area contributed by atoms with Gasteiger partial charge in [0.25, 0.3) is 5.22 Å². The molecule has 0 spiro atoms. The largest absolute Gasteiger partial charge is 0.411 e. The standard InChI is InChI=1S/C18H16ClN3O2S/c1-12-4-2-7-15(10-12)20-16(23)8-9-25-18-22-21-17(24-18)13-5-3-6-14(19)11-13/h2-7,10-11H,8-9H2,1H3,(H,20,23). The molecule has 0 bridgehead atoms. The summed E-state index contributed by atoms with van der Waals surface area (Å²) in [4.78, 5) is 12.0. The fraction of sp³-hybridized carbons (Fsp3) is 0.167. The van der Waals surface area contributed by atoms with Gasteiger partial charge in [0.05, 0.1) is 0 Å². The van der Waals surface area contributed by atoms with Crippen molar-refractivity contribution in [3.8, 4) is 11.5 Å². The molecule has 1 N–H and O–H groups in total. The fourth-order valence-electron chi connectivity index (χ4n) is 2.18. The Morgan fingerprint density at radius 1 is 1.20 bits per heavy atom. The molecule has 0 radical (unpaired) electrons. The molecule has 25 heavy (non-hydrogen) atoms. The maximum atomic E-state index is 12.0. The Kier molecular flexibility index (Phi) is 5.73. The van der Waals surface area contributed by atoms with E-state index in [9.17, 15) is 4.79 Å². The summed E-state index contributed by atoms with van der Waals surface area (Å²) in [6.07, 6.45) is 0.355. The van der Waals surface area contributed by atoms with E-state index in [0.29, 0.717) is 28.3 Å². The van der Waals surface area contributed by atoms with Crippen LogP contribution in [0, 0.1) is 6.92 Å². The summed E-state index contributed by atoms with van der Waals surface area (Å²) in [7, 11) is 0. The zero-order chi connectivity index (χ0) is 17.6. The molecule has 0 saturated heterocycles. The molecule has 0 atom stereocenters. The van der Waals surface area contributed by atoms with E-state index >= 15 is 0 Å². The average Bonchev–Trinajstić information content (AvgIpc) is 3.04. The first kappa shape index (κ1) is 17.5. The summed E-state index contributed by atoms with van der Waals surface area (Å²) in [5.41, 5.74) is 2.67. The maximum Gasteiger partial charge on any atom is 0.276 e. The molecule has 3 aromatic rings. The van der Waals surface area contributed by atoms with Crippen LogP contribution >= 0.6 is 23.4 Å². The van der Waals surface area contributed by atoms with Gasteiger partial charge in [-0.05, 0) is 42.8 Å². The van der Waals surface area contributed by atoms with Crippen LogP contribution < -0.4 is 5.32 Å². The van der Waals surface area contributed by atoms with Crippen molar-refractivity contribution in [2.75, 3.05) is 11.1 Å². The van der Waals surface area contributed by atoms with Crippen molar-refractivity contribution in [1.82, 2.24) is 10.2 Å². The van der Waals surface area contributed by atoms with E-state index in [-0.39, 0.29) is 5.91 Å². The number of halogens is 1. The number of thioether (sulfide) groups is 1. The van der Waals surface area contributed by atoms with Crippen LogP contribution in [0.3, 0.4) is 0 Å². The first-order valence-electron chi connectivity index (χ1n) is 7.69. The normalized spacial score (nSPS) is 10.6. The van der Waals surface area contributed by atoms with Crippen molar-refractivity contribution < 1.29 is 9.21 Å². The summed E-state index contributed by atoms with van der Waals surface area (Å²) in [5, 5.41) is 11.9. The van der Waals surface area contributed by atoms with E-state index in [0.717, 1.165) is 16.8 Å². The lowest BCUT2D eigenvalue weighted by molar-refractivity contribution is -0.115. The highest BCUT2D eigenvalue weighted by Gasteiger charge is 2.10. The van der Waals surface area contributed by atoms with Crippen molar-refractivity contribution in [1.29, 1.82) is 0 Å². The lowest BCUT2D eigenvalue weighted by Gasteiger charge is -2.05. The molecule has 2 aromatic carbocycles. The summed E-state index contributed by atoms with van der Waals surface area (Å²) in [6, 6.07) is 14.9. The molecule has 7 heteroatoms. The number of benzene rings is 2. The Bertz CT molecular complexity index is 882. The minimum atomic E-state index is -0.0484. The number of nitrogens with zero attached hydrogens (tertiary/aromatic N) is 2. The highest BCUT2D eigenvalue weighted by Crippen LogP contribution is 2.25. The minimum absolute atomic E-state index is 0.0484. The number of carbonyl (C=O) groups excluding carboxylic acids is 1. The lowest BCUT2D eigenvalue weighted by Crippen LogP contribution is -2.12. The van der Waals surface area contributed by atoms with Gasteiger partial charge in [0.1, 0.15) is 0 Å². The molecule has 0 aliphatic carbocycles. The van der Waals surface area contributed by atoms with Crippen LogP contribution in [0.15, 0.2) is 58.2 Å². The number of anilines is 1. The number of aryl methyl sites for hydroxylation is 1. The number of hydrogen-bond acceptors (Lipinski definition) is 5. The quantitative estimate of drug-likeness (QED) is 0.627. The van der Waals surface area contributed by atoms with Crippen LogP contribution in [0.25, 0.3) is 11.5 Å². The molecule has 1 heterocycles. The van der Waals surface area contributed by atoms with Gasteiger partial charge in [0.15, 0.2) is 0 Å². The minimum Gasteiger partial charge on any atom is -0.411 e. The molecule has 0 saturated carbocycles. The van der Waals surface area contributed by atoms with Crippen LogP contribution in [0.2, 0.25) is 5.02 Å². The monoisotopic (exact) mass is 373 g/mol. The Balaban J connectivity index is 1.50. The third kappa shape index (κ3) is 5.08. The van der Waals surface area contributed by atoms with Gasteiger partial charge >= 0.3 is 0 Å². The summed E-state index contributed by atoms with van der Waals surface area (Å²) in [5.74, 6) is 0.913. The second-order valence-electron chi connectivity index (χ2n) is 5.40. The molecule has 1 amide bonds. The molecular weight excluding hydrogens is 358 g/mol. The third-order valence-electron chi connectivity index (χ3n) is 3.33. The second kappa shape index (κ2) is 8.18. The van der Waals surface area contributed by atoms with Gasteiger partial charge in [-0.25, -0.2) is 0 Å². The van der Waals surface area contributed by atoms with Crippen LogP contribution in [-0.2, 0) is 4.79 Å². The molecule has 1 aromatic heterocycles. The van der Waals surface area contributed by atoms with E-state index in [1.807, 2.05) is 43.3 Å². The molecule has 0 aliphatic heterocycles. The van der Waals surface area contributed by atoms with E-state index < -0.39 is 0 Å². The average molecular weight is 374 g/mol. The number of carbonyl (C=O) groups is 1. The predicted molar refractivity (Wildman–Crippen MR) is 99.9 cm³/mol. The van der Waals surface area contributed by atoms with Crippen molar-refractivity contribution in [2.45, 2.75) is 18.6 Å². The lowest BCUT2D eigenvalue weighted by atomic mass is 10.2. The molecule has 5 nitrogen and oxygen atoms in total. The van der Waals surface area contributed by atoms with Gasteiger partial charge in [0, 0.05) is 28.4 Å². The van der Waals surface area contributed by atoms with Crippen LogP contribution in [0.5, 0.6) is 0 Å². The molecule has 0 fully saturated rings. The Labute approximate surface area is 154 Å². The third-order valence-corrected chi connectivity index (χ3v) is 4.39. The summed E-state index contributed by atoms with van der Waals surface area (Å²) >= 11 is 7.30. The first-order valence-corrected chi connectivity index (χ1v) is 9.05. The predicted octanol–water partition coefficient (Wildman–Crippen LogP) is 4.82. The smallest absolute Gasteiger partial charge is 0.276 e. The highest BCUT2D eigenvalue weighted by atomic mass is 35.5. The van der Waals surface area contributed by atoms with Gasteiger partial charge in [0.2, 0.25) is 11.8 Å². The maximum absolute atomic E-state index is 12.0. The number of aromatic nitrogens is 2. The Morgan fingerprint density at radius 2 is 2.04 bits per heavy atom. The highest BCUT2D eigenvalue weighted by molar-refractivity contribution is 7.99. The van der Waals surface area contributed by atoms with E-state index in [2.05, 4.69) is 15.5 Å². The second-order valence-corrected chi connectivity index (χ2v) is 6.88. The number of hydrogen-bond donors (Lipinski definition) is 1. The van der Waals surface area contributed by atoms with Gasteiger partial charge in [-0.1, -0.05) is 41.6 Å². The van der Waals surface area contributed by atoms with Crippen LogP contribution in [0.4, 0.5) is 5.69 Å². The zero-order valence-electron chi connectivity index (χ0n) is 13.5. The Hall–Kier alpha value is -2.31. The van der Waals surface area contributed by atoms with Crippen LogP contribution in [-0.4, -0.2) is 21.9 Å². The van der Waals surface area contributed by atoms with E-state index in [1.165, 1.54) is 11.8 Å². The van der Waals surface area contributed by atoms with Crippen molar-refractivity contribution in [3.05, 3.63) is 59.1 Å². The topological polar surface area (TPSA) is 68.0 Å². The van der Waals surface area contributed by atoms with Gasteiger partial charge in [-0.3, -0.25) is 4.79 Å². The van der Waals surface area contributed by atoms with E-state index in [4.69, 9.17) is 16.0 Å². The molecule has 0 aliphatic rings. The van der Waals surface area contributed by atoms with Gasteiger partial charge < -0.3 is 9.73 Å².